The molecule has 0 amide bonds. The summed E-state index contributed by atoms with van der Waals surface area (Å²) in [4.78, 5) is 12.3. The molecular formula is C24H29NO9S. The van der Waals surface area contributed by atoms with Crippen LogP contribution in [0.5, 0.6) is 34.5 Å². The summed E-state index contributed by atoms with van der Waals surface area (Å²) in [6, 6.07) is 6.57. The maximum absolute atomic E-state index is 12.3. The Bertz CT molecular complexity index is 1150. The normalized spacial score (nSPS) is 11.4. The Kier molecular flexibility index (Phi) is 9.83. The van der Waals surface area contributed by atoms with Crippen molar-refractivity contribution in [1.82, 2.24) is 4.72 Å². The number of methoxy groups -OCH3 is 6. The third-order valence-electron chi connectivity index (χ3n) is 4.69. The third kappa shape index (κ3) is 7.31. The van der Waals surface area contributed by atoms with Gasteiger partial charge in [-0.1, -0.05) is 6.08 Å². The lowest BCUT2D eigenvalue weighted by atomic mass is 10.1. The van der Waals surface area contributed by atoms with E-state index in [4.69, 9.17) is 28.4 Å². The highest BCUT2D eigenvalue weighted by atomic mass is 32.2. The van der Waals surface area contributed by atoms with Crippen molar-refractivity contribution in [1.29, 1.82) is 0 Å². The first kappa shape index (κ1) is 27.4. The second-order valence-electron chi connectivity index (χ2n) is 6.93. The molecule has 0 saturated carbocycles. The molecule has 35 heavy (non-hydrogen) atoms. The van der Waals surface area contributed by atoms with Crippen LogP contribution in [-0.4, -0.2) is 62.6 Å². The minimum Gasteiger partial charge on any atom is -0.493 e. The molecule has 0 unspecified atom stereocenters. The quantitative estimate of drug-likeness (QED) is 0.408. The minimum atomic E-state index is -3.93. The number of ketones is 1. The van der Waals surface area contributed by atoms with Gasteiger partial charge in [-0.2, -0.15) is 0 Å². The molecule has 0 heterocycles. The first-order valence-corrected chi connectivity index (χ1v) is 11.8. The maximum Gasteiger partial charge on any atom is 0.239 e. The van der Waals surface area contributed by atoms with Crippen molar-refractivity contribution in [2.75, 3.05) is 48.4 Å². The Morgan fingerprint density at radius 2 is 1.11 bits per heavy atom. The van der Waals surface area contributed by atoms with E-state index in [-0.39, 0.29) is 0 Å². The van der Waals surface area contributed by atoms with Crippen LogP contribution in [0.15, 0.2) is 36.5 Å². The topological polar surface area (TPSA) is 119 Å². The summed E-state index contributed by atoms with van der Waals surface area (Å²) in [6.45, 7) is 0. The fourth-order valence-electron chi connectivity index (χ4n) is 3.10. The monoisotopic (exact) mass is 507 g/mol. The molecule has 10 nitrogen and oxygen atoms in total. The SMILES string of the molecule is COc1cc(C=CNS(=O)(=O)CC(=O)C=Cc2cc(OC)c(OC)c(OC)c2)cc(OC)c1OC. The van der Waals surface area contributed by atoms with Crippen LogP contribution >= 0.6 is 0 Å². The van der Waals surface area contributed by atoms with E-state index in [1.165, 1.54) is 67.1 Å². The molecule has 0 atom stereocenters. The van der Waals surface area contributed by atoms with Gasteiger partial charge in [-0.15, -0.1) is 0 Å². The van der Waals surface area contributed by atoms with Crippen LogP contribution in [0.3, 0.4) is 0 Å². The molecule has 0 radical (unpaired) electrons. The summed E-state index contributed by atoms with van der Waals surface area (Å²) in [5.74, 6) is 1.11. The van der Waals surface area contributed by atoms with Gasteiger partial charge in [0.05, 0.1) is 42.7 Å². The molecule has 0 aliphatic carbocycles. The Morgan fingerprint density at radius 3 is 1.49 bits per heavy atom. The number of nitrogens with one attached hydrogen (secondary N) is 1. The van der Waals surface area contributed by atoms with Gasteiger partial charge in [0.2, 0.25) is 21.5 Å². The summed E-state index contributed by atoms with van der Waals surface area (Å²) < 4.78 is 58.5. The Labute approximate surface area is 205 Å². The number of allylic oxidation sites excluding steroid dienone is 1. The average molecular weight is 508 g/mol. The van der Waals surface area contributed by atoms with Crippen molar-refractivity contribution in [2.24, 2.45) is 0 Å². The number of carbonyl (C=O) groups excluding carboxylic acids is 1. The summed E-state index contributed by atoms with van der Waals surface area (Å²) in [6.07, 6.45) is 5.35. The highest BCUT2D eigenvalue weighted by Crippen LogP contribution is 2.39. The van der Waals surface area contributed by atoms with Crippen LogP contribution in [0.4, 0.5) is 0 Å². The predicted octanol–water partition coefficient (Wildman–Crippen LogP) is 2.91. The third-order valence-corrected chi connectivity index (χ3v) is 5.85. The lowest BCUT2D eigenvalue weighted by Gasteiger charge is -2.13. The molecule has 0 aliphatic rings. The standard InChI is InChI=1S/C24H29NO9S/c1-29-19-11-16(12-20(30-2)23(19)33-5)7-8-18(26)15-35(27,28)25-10-9-17-13-21(31-3)24(34-6)22(14-17)32-4/h7-14,25H,15H2,1-6H3. The van der Waals surface area contributed by atoms with Crippen LogP contribution in [0.25, 0.3) is 12.2 Å². The molecule has 190 valence electrons. The Morgan fingerprint density at radius 1 is 0.714 bits per heavy atom. The van der Waals surface area contributed by atoms with E-state index in [9.17, 15) is 13.2 Å². The first-order valence-electron chi connectivity index (χ1n) is 10.2. The van der Waals surface area contributed by atoms with Crippen molar-refractivity contribution in [3.8, 4) is 34.5 Å². The first-order chi connectivity index (χ1) is 16.7. The number of sulfonamides is 1. The summed E-state index contributed by atoms with van der Waals surface area (Å²) >= 11 is 0. The number of carbonyl (C=O) groups is 1. The maximum atomic E-state index is 12.3. The van der Waals surface area contributed by atoms with E-state index in [1.54, 1.807) is 24.3 Å². The lowest BCUT2D eigenvalue weighted by molar-refractivity contribution is -0.112. The second-order valence-corrected chi connectivity index (χ2v) is 8.68. The van der Waals surface area contributed by atoms with Crippen molar-refractivity contribution >= 4 is 28.0 Å². The zero-order valence-electron chi connectivity index (χ0n) is 20.4. The number of rotatable bonds is 13. The van der Waals surface area contributed by atoms with Gasteiger partial charge in [0.25, 0.3) is 0 Å². The molecule has 2 aromatic carbocycles. The zero-order chi connectivity index (χ0) is 26.0. The van der Waals surface area contributed by atoms with E-state index in [2.05, 4.69) is 4.72 Å². The van der Waals surface area contributed by atoms with Crippen molar-refractivity contribution in [2.45, 2.75) is 0 Å². The van der Waals surface area contributed by atoms with E-state index < -0.39 is 21.6 Å². The van der Waals surface area contributed by atoms with Crippen molar-refractivity contribution in [3.05, 3.63) is 47.7 Å². The Hall–Kier alpha value is -3.86. The number of benzene rings is 2. The van der Waals surface area contributed by atoms with Crippen molar-refractivity contribution < 1.29 is 41.6 Å². The summed E-state index contributed by atoms with van der Waals surface area (Å²) in [7, 11) is 4.93. The fourth-order valence-corrected chi connectivity index (χ4v) is 3.92. The smallest absolute Gasteiger partial charge is 0.239 e. The van der Waals surface area contributed by atoms with Gasteiger partial charge >= 0.3 is 0 Å². The van der Waals surface area contributed by atoms with E-state index >= 15 is 0 Å². The second kappa shape index (κ2) is 12.6. The van der Waals surface area contributed by atoms with Crippen LogP contribution in [-0.2, 0) is 14.8 Å². The molecular weight excluding hydrogens is 478 g/mol. The summed E-state index contributed by atoms with van der Waals surface area (Å²) in [5.41, 5.74) is 1.16. The van der Waals surface area contributed by atoms with Gasteiger partial charge in [0.1, 0.15) is 5.75 Å². The largest absolute Gasteiger partial charge is 0.493 e. The van der Waals surface area contributed by atoms with Crippen LogP contribution in [0.2, 0.25) is 0 Å². The van der Waals surface area contributed by atoms with Gasteiger partial charge in [0.15, 0.2) is 28.8 Å². The number of ether oxygens (including phenoxy) is 6. The van der Waals surface area contributed by atoms with Crippen LogP contribution in [0, 0.1) is 0 Å². The molecule has 1 N–H and O–H groups in total. The Balaban J connectivity index is 2.10. The van der Waals surface area contributed by atoms with Gasteiger partial charge in [-0.05, 0) is 47.5 Å². The zero-order valence-corrected chi connectivity index (χ0v) is 21.2. The number of hydrogen-bond acceptors (Lipinski definition) is 9. The van der Waals surface area contributed by atoms with Gasteiger partial charge in [0, 0.05) is 6.20 Å². The molecule has 11 heteroatoms. The van der Waals surface area contributed by atoms with E-state index in [0.717, 1.165) is 0 Å². The average Bonchev–Trinajstić information content (AvgIpc) is 2.85. The fraction of sp³-hybridized carbons (Fsp3) is 0.292. The highest BCUT2D eigenvalue weighted by molar-refractivity contribution is 7.90. The van der Waals surface area contributed by atoms with Crippen LogP contribution < -0.4 is 33.1 Å². The predicted molar refractivity (Wildman–Crippen MR) is 132 cm³/mol. The molecule has 0 spiro atoms. The van der Waals surface area contributed by atoms with Gasteiger partial charge in [-0.25, -0.2) is 8.42 Å². The molecule has 0 aromatic heterocycles. The van der Waals surface area contributed by atoms with E-state index in [0.29, 0.717) is 45.6 Å². The number of hydrogen-bond donors (Lipinski definition) is 1. The molecule has 2 aromatic rings. The summed E-state index contributed by atoms with van der Waals surface area (Å²) in [5, 5.41) is 0. The molecule has 2 rings (SSSR count). The minimum absolute atomic E-state index is 0.407. The molecule has 0 fully saturated rings. The highest BCUT2D eigenvalue weighted by Gasteiger charge is 2.15. The van der Waals surface area contributed by atoms with Crippen molar-refractivity contribution in [3.63, 3.8) is 0 Å². The van der Waals surface area contributed by atoms with Gasteiger partial charge < -0.3 is 28.4 Å². The lowest BCUT2D eigenvalue weighted by Crippen LogP contribution is -2.25. The molecule has 0 bridgehead atoms. The molecule has 0 saturated heterocycles. The molecule has 0 aliphatic heterocycles. The van der Waals surface area contributed by atoms with Gasteiger partial charge in [-0.3, -0.25) is 9.52 Å². The van der Waals surface area contributed by atoms with E-state index in [1.807, 2.05) is 0 Å². The van der Waals surface area contributed by atoms with Crippen LogP contribution in [0.1, 0.15) is 11.1 Å².